The van der Waals surface area contributed by atoms with Gasteiger partial charge in [-0.05, 0) is 34.6 Å². The molecule has 110 valence electrons. The molecule has 0 bridgehead atoms. The molecular formula is C19H16Cl2Zr. The Hall–Kier alpha value is -0.617. The van der Waals surface area contributed by atoms with Crippen molar-refractivity contribution in [2.75, 3.05) is 0 Å². The Bertz CT molecular complexity index is 634. The van der Waals surface area contributed by atoms with Gasteiger partial charge in [0, 0.05) is 5.92 Å². The van der Waals surface area contributed by atoms with Gasteiger partial charge in [-0.15, -0.1) is 0 Å². The van der Waals surface area contributed by atoms with E-state index in [-0.39, 0.29) is 51.0 Å². The first-order valence-electron chi connectivity index (χ1n) is 6.97. The van der Waals surface area contributed by atoms with Crippen LogP contribution in [0, 0.1) is 5.92 Å². The third kappa shape index (κ3) is 3.33. The second kappa shape index (κ2) is 8.30. The van der Waals surface area contributed by atoms with E-state index in [0.717, 1.165) is 0 Å². The Morgan fingerprint density at radius 2 is 1.14 bits per heavy atom. The minimum Gasteiger partial charge on any atom is -1.00 e. The van der Waals surface area contributed by atoms with Gasteiger partial charge in [0.05, 0.1) is 0 Å². The molecule has 3 heteroatoms. The Labute approximate surface area is 163 Å². The van der Waals surface area contributed by atoms with Crippen LogP contribution in [0.2, 0.25) is 0 Å². The van der Waals surface area contributed by atoms with Crippen molar-refractivity contribution in [1.82, 2.24) is 0 Å². The van der Waals surface area contributed by atoms with E-state index in [9.17, 15) is 0 Å². The molecule has 0 unspecified atom stereocenters. The molecule has 0 radical (unpaired) electrons. The van der Waals surface area contributed by atoms with Crippen molar-refractivity contribution in [1.29, 1.82) is 0 Å². The van der Waals surface area contributed by atoms with Gasteiger partial charge in [0.2, 0.25) is 0 Å². The Kier molecular flexibility index (Phi) is 7.33. The smallest absolute Gasteiger partial charge is 1.00 e. The number of fused-ring (bicyclic) bond motifs is 3. The average Bonchev–Trinajstić information content (AvgIpc) is 3.08. The van der Waals surface area contributed by atoms with Crippen molar-refractivity contribution in [2.45, 2.75) is 12.3 Å². The molecule has 0 nitrogen and oxygen atoms in total. The van der Waals surface area contributed by atoms with Crippen molar-refractivity contribution < 1.29 is 51.0 Å². The van der Waals surface area contributed by atoms with Crippen LogP contribution in [0.4, 0.5) is 0 Å². The summed E-state index contributed by atoms with van der Waals surface area (Å²) in [5, 5.41) is 0. The molecule has 0 saturated heterocycles. The SMILES string of the molecule is C1=CC(CC2c3ccccc3-c3ccccc32)C=C1.[Cl-].[Cl-].[Zr+2]. The zero-order valence-electron chi connectivity index (χ0n) is 12.0. The largest absolute Gasteiger partial charge is 2.00 e. The minimum atomic E-state index is 0. The average molecular weight is 406 g/mol. The molecular weight excluding hydrogens is 390 g/mol. The molecule has 0 atom stereocenters. The van der Waals surface area contributed by atoms with Gasteiger partial charge in [0.1, 0.15) is 0 Å². The Balaban J connectivity index is 0.000000807. The van der Waals surface area contributed by atoms with Crippen LogP contribution in [-0.2, 0) is 26.2 Å². The summed E-state index contributed by atoms with van der Waals surface area (Å²) in [6, 6.07) is 17.7. The van der Waals surface area contributed by atoms with E-state index in [2.05, 4.69) is 72.8 Å². The number of rotatable bonds is 2. The summed E-state index contributed by atoms with van der Waals surface area (Å²) in [4.78, 5) is 0. The molecule has 2 aromatic rings. The Morgan fingerprint density at radius 1 is 0.682 bits per heavy atom. The van der Waals surface area contributed by atoms with Crippen LogP contribution in [0.1, 0.15) is 23.5 Å². The fourth-order valence-electron chi connectivity index (χ4n) is 3.42. The van der Waals surface area contributed by atoms with Gasteiger partial charge in [0.25, 0.3) is 0 Å². The van der Waals surface area contributed by atoms with Crippen molar-refractivity contribution in [3.8, 4) is 11.1 Å². The van der Waals surface area contributed by atoms with Crippen LogP contribution >= 0.6 is 0 Å². The van der Waals surface area contributed by atoms with Crippen LogP contribution in [0.25, 0.3) is 11.1 Å². The van der Waals surface area contributed by atoms with Crippen LogP contribution in [0.3, 0.4) is 0 Å². The van der Waals surface area contributed by atoms with Crippen LogP contribution < -0.4 is 24.8 Å². The maximum atomic E-state index is 2.31. The molecule has 2 aliphatic rings. The fraction of sp³-hybridized carbons (Fsp3) is 0.158. The van der Waals surface area contributed by atoms with Gasteiger partial charge in [-0.2, -0.15) is 0 Å². The summed E-state index contributed by atoms with van der Waals surface area (Å²) in [5.74, 6) is 1.13. The quantitative estimate of drug-likeness (QED) is 0.597. The summed E-state index contributed by atoms with van der Waals surface area (Å²) in [6.45, 7) is 0. The van der Waals surface area contributed by atoms with Crippen LogP contribution in [0.5, 0.6) is 0 Å². The summed E-state index contributed by atoms with van der Waals surface area (Å²) in [7, 11) is 0. The number of hydrogen-bond donors (Lipinski definition) is 0. The zero-order valence-corrected chi connectivity index (χ0v) is 16.0. The number of allylic oxidation sites excluding steroid dienone is 4. The van der Waals surface area contributed by atoms with E-state index in [0.29, 0.717) is 11.8 Å². The summed E-state index contributed by atoms with van der Waals surface area (Å²) in [6.07, 6.45) is 10.1. The third-order valence-electron chi connectivity index (χ3n) is 4.30. The van der Waals surface area contributed by atoms with E-state index in [4.69, 9.17) is 0 Å². The molecule has 0 aliphatic heterocycles. The maximum Gasteiger partial charge on any atom is 2.00 e. The maximum absolute atomic E-state index is 2.31. The Morgan fingerprint density at radius 3 is 1.64 bits per heavy atom. The summed E-state index contributed by atoms with van der Waals surface area (Å²) < 4.78 is 0. The molecule has 0 saturated carbocycles. The van der Waals surface area contributed by atoms with Crippen molar-refractivity contribution in [2.24, 2.45) is 5.92 Å². The topological polar surface area (TPSA) is 0 Å². The van der Waals surface area contributed by atoms with E-state index >= 15 is 0 Å². The molecule has 2 aliphatic carbocycles. The predicted molar refractivity (Wildman–Crippen MR) is 80.1 cm³/mol. The summed E-state index contributed by atoms with van der Waals surface area (Å²) >= 11 is 0. The van der Waals surface area contributed by atoms with E-state index in [1.165, 1.54) is 28.7 Å². The van der Waals surface area contributed by atoms with Gasteiger partial charge in [0.15, 0.2) is 0 Å². The molecule has 2 aromatic carbocycles. The van der Waals surface area contributed by atoms with Crippen molar-refractivity contribution in [3.63, 3.8) is 0 Å². The molecule has 0 heterocycles. The predicted octanol–water partition coefficient (Wildman–Crippen LogP) is -1.06. The molecule has 22 heavy (non-hydrogen) atoms. The van der Waals surface area contributed by atoms with Crippen LogP contribution in [0.15, 0.2) is 72.8 Å². The molecule has 0 amide bonds. The molecule has 4 rings (SSSR count). The van der Waals surface area contributed by atoms with E-state index < -0.39 is 0 Å². The number of halogens is 2. The fourth-order valence-corrected chi connectivity index (χ4v) is 3.42. The second-order valence-electron chi connectivity index (χ2n) is 5.40. The molecule has 0 N–H and O–H groups in total. The van der Waals surface area contributed by atoms with Gasteiger partial charge < -0.3 is 24.8 Å². The minimum absolute atomic E-state index is 0. The van der Waals surface area contributed by atoms with Gasteiger partial charge in [-0.1, -0.05) is 72.8 Å². The third-order valence-corrected chi connectivity index (χ3v) is 4.30. The van der Waals surface area contributed by atoms with Gasteiger partial charge in [-0.25, -0.2) is 0 Å². The van der Waals surface area contributed by atoms with Gasteiger partial charge in [-0.3, -0.25) is 0 Å². The molecule has 0 aromatic heterocycles. The van der Waals surface area contributed by atoms with E-state index in [1.54, 1.807) is 0 Å². The first kappa shape index (κ1) is 19.4. The number of hydrogen-bond acceptors (Lipinski definition) is 0. The van der Waals surface area contributed by atoms with Crippen molar-refractivity contribution in [3.05, 3.63) is 84.0 Å². The molecule has 0 spiro atoms. The zero-order chi connectivity index (χ0) is 12.7. The van der Waals surface area contributed by atoms with Gasteiger partial charge >= 0.3 is 26.2 Å². The van der Waals surface area contributed by atoms with Crippen LogP contribution in [-0.4, -0.2) is 0 Å². The van der Waals surface area contributed by atoms with Crippen molar-refractivity contribution >= 4 is 0 Å². The second-order valence-corrected chi connectivity index (χ2v) is 5.40. The molecule has 0 fully saturated rings. The first-order valence-corrected chi connectivity index (χ1v) is 6.97. The standard InChI is InChI=1S/C19H16.2ClH.Zr/c1-2-8-14(7-1)13-19-17-11-5-3-9-15(17)16-10-4-6-12-18(16)19;;;/h1-12,14,19H,13H2;2*1H;/q;;;+2/p-2. The summed E-state index contributed by atoms with van der Waals surface area (Å²) in [5.41, 5.74) is 5.85. The first-order chi connectivity index (χ1) is 9.43. The normalized spacial score (nSPS) is 14.5. The van der Waals surface area contributed by atoms with E-state index in [1.807, 2.05) is 0 Å². The monoisotopic (exact) mass is 404 g/mol. The number of benzene rings is 2.